The highest BCUT2D eigenvalue weighted by atomic mass is 19.1. The number of nitrogens with one attached hydrogen (secondary N) is 1. The van der Waals surface area contributed by atoms with Gasteiger partial charge in [-0.1, -0.05) is 19.1 Å². The molecule has 2 aliphatic heterocycles. The number of nitrogen functional groups attached to an aromatic ring is 1. The van der Waals surface area contributed by atoms with Crippen molar-refractivity contribution < 1.29 is 9.18 Å². The van der Waals surface area contributed by atoms with Gasteiger partial charge in [-0.15, -0.1) is 0 Å². The molecule has 3 aliphatic rings. The van der Waals surface area contributed by atoms with Crippen LogP contribution in [-0.2, 0) is 11.2 Å². The molecule has 5 rings (SSSR count). The Labute approximate surface area is 190 Å². The number of nitrogens with two attached hydrogens (primary N) is 1. The number of fused-ring (bicyclic) bond motifs is 1. The summed E-state index contributed by atoms with van der Waals surface area (Å²) in [7, 11) is 2.31. The zero-order valence-corrected chi connectivity index (χ0v) is 19.4. The Morgan fingerprint density at radius 3 is 2.56 bits per heavy atom. The molecule has 172 valence electrons. The molecule has 0 radical (unpaired) electrons. The van der Waals surface area contributed by atoms with Gasteiger partial charge in [0.2, 0.25) is 0 Å². The van der Waals surface area contributed by atoms with Crippen LogP contribution in [0.2, 0.25) is 0 Å². The molecule has 0 bridgehead atoms. The number of pyridine rings is 1. The minimum absolute atomic E-state index is 0.339. The molecule has 2 atom stereocenters. The van der Waals surface area contributed by atoms with Crippen molar-refractivity contribution in [2.24, 2.45) is 11.8 Å². The van der Waals surface area contributed by atoms with Gasteiger partial charge in [-0.05, 0) is 92.0 Å². The third-order valence-corrected chi connectivity index (χ3v) is 6.32. The van der Waals surface area contributed by atoms with Crippen LogP contribution >= 0.6 is 0 Å². The fraction of sp³-hybridized carbons (Fsp3) is 0.462. The lowest BCUT2D eigenvalue weighted by Crippen LogP contribution is -2.43. The van der Waals surface area contributed by atoms with Gasteiger partial charge in [0.05, 0.1) is 6.20 Å². The first-order valence-corrected chi connectivity index (χ1v) is 11.5. The van der Waals surface area contributed by atoms with Crippen LogP contribution in [0.1, 0.15) is 44.2 Å². The number of nitrogens with zero attached hydrogens (tertiary/aromatic N) is 2. The second-order valence-corrected chi connectivity index (χ2v) is 8.78. The number of benzene rings is 1. The molecule has 3 N–H and O–H groups in total. The van der Waals surface area contributed by atoms with E-state index in [9.17, 15) is 4.39 Å². The molecule has 1 aliphatic carbocycles. The molecule has 1 aromatic carbocycles. The monoisotopic (exact) mass is 438 g/mol. The maximum absolute atomic E-state index is 12.0. The molecular weight excluding hydrogens is 403 g/mol. The third kappa shape index (κ3) is 6.16. The molecule has 32 heavy (non-hydrogen) atoms. The van der Waals surface area contributed by atoms with E-state index in [0.29, 0.717) is 5.82 Å². The predicted octanol–water partition coefficient (Wildman–Crippen LogP) is 4.48. The van der Waals surface area contributed by atoms with Gasteiger partial charge >= 0.3 is 0 Å². The van der Waals surface area contributed by atoms with Gasteiger partial charge in [0.15, 0.2) is 0 Å². The third-order valence-electron chi connectivity index (χ3n) is 6.32. The van der Waals surface area contributed by atoms with Crippen molar-refractivity contribution >= 4 is 23.4 Å². The maximum Gasteiger partial charge on any atom is 0.141 e. The molecule has 0 saturated heterocycles. The normalized spacial score (nSPS) is 21.8. The fourth-order valence-electron chi connectivity index (χ4n) is 4.79. The molecular formula is C26H35FN4O. The van der Waals surface area contributed by atoms with E-state index in [0.717, 1.165) is 49.9 Å². The first-order chi connectivity index (χ1) is 15.4. The summed E-state index contributed by atoms with van der Waals surface area (Å²) in [5.74, 6) is 1.71. The van der Waals surface area contributed by atoms with E-state index < -0.39 is 0 Å². The van der Waals surface area contributed by atoms with E-state index in [1.54, 1.807) is 5.56 Å². The number of halogens is 1. The Hall–Kier alpha value is -2.73. The van der Waals surface area contributed by atoms with Crippen LogP contribution in [-0.4, -0.2) is 37.4 Å². The Morgan fingerprint density at radius 2 is 2.00 bits per heavy atom. The van der Waals surface area contributed by atoms with Gasteiger partial charge in [0.25, 0.3) is 0 Å². The van der Waals surface area contributed by atoms with Crippen LogP contribution in [0.4, 0.5) is 15.9 Å². The molecule has 6 heteroatoms. The SMILES string of the molecule is CC=O.C[C@@H]1Cc2cc(C3=CCNCC3)ccc2N(C)[C@H]1C1CC1.Nc1ccc(F)cn1. The lowest BCUT2D eigenvalue weighted by atomic mass is 9.83. The van der Waals surface area contributed by atoms with Crippen LogP contribution in [0.3, 0.4) is 0 Å². The van der Waals surface area contributed by atoms with E-state index in [1.165, 1.54) is 55.1 Å². The highest BCUT2D eigenvalue weighted by Gasteiger charge is 2.40. The topological polar surface area (TPSA) is 71.2 Å². The van der Waals surface area contributed by atoms with Gasteiger partial charge in [-0.2, -0.15) is 0 Å². The van der Waals surface area contributed by atoms with Crippen molar-refractivity contribution in [3.05, 3.63) is 59.5 Å². The molecule has 0 unspecified atom stereocenters. The summed E-state index contributed by atoms with van der Waals surface area (Å²) in [4.78, 5) is 14.9. The smallest absolute Gasteiger partial charge is 0.141 e. The number of rotatable bonds is 2. The van der Waals surface area contributed by atoms with Crippen molar-refractivity contribution in [3.63, 3.8) is 0 Å². The Bertz CT molecular complexity index is 903. The van der Waals surface area contributed by atoms with Crippen molar-refractivity contribution in [2.75, 3.05) is 30.8 Å². The van der Waals surface area contributed by atoms with E-state index in [2.05, 4.69) is 53.4 Å². The zero-order valence-electron chi connectivity index (χ0n) is 19.4. The average Bonchev–Trinajstić information content (AvgIpc) is 3.62. The maximum atomic E-state index is 12.0. The van der Waals surface area contributed by atoms with Gasteiger partial charge in [0, 0.05) is 25.3 Å². The van der Waals surface area contributed by atoms with E-state index in [-0.39, 0.29) is 5.82 Å². The standard InChI is InChI=1S/C19H26N2.C5H5FN2.C2H4O/c1-13-11-17-12-16(14-7-9-20-10-8-14)5-6-18(17)21(2)19(13)15-3-4-15;6-4-1-2-5(7)8-3-4;1-2-3/h5-7,12-13,15,19-20H,3-4,8-11H2,1-2H3;1-3H,(H2,7,8);2H,1H3/t13-,19-;;/m1../s1. The Balaban J connectivity index is 0.000000220. The molecule has 3 heterocycles. The zero-order chi connectivity index (χ0) is 23.1. The van der Waals surface area contributed by atoms with Crippen LogP contribution in [0.5, 0.6) is 0 Å². The largest absolute Gasteiger partial charge is 0.384 e. The number of carbonyl (C=O) groups excluding carboxylic acids is 1. The number of hydrogen-bond acceptors (Lipinski definition) is 5. The second kappa shape index (κ2) is 11.2. The minimum atomic E-state index is -0.362. The number of anilines is 2. The van der Waals surface area contributed by atoms with E-state index in [1.807, 2.05) is 0 Å². The first kappa shape index (κ1) is 23.9. The number of aldehydes is 1. The second-order valence-electron chi connectivity index (χ2n) is 8.78. The number of aromatic nitrogens is 1. The molecule has 1 fully saturated rings. The molecule has 1 saturated carbocycles. The number of carbonyl (C=O) groups is 1. The van der Waals surface area contributed by atoms with Crippen LogP contribution < -0.4 is 16.0 Å². The first-order valence-electron chi connectivity index (χ1n) is 11.5. The summed E-state index contributed by atoms with van der Waals surface area (Å²) in [6, 6.07) is 10.6. The fourth-order valence-corrected chi connectivity index (χ4v) is 4.79. The summed E-state index contributed by atoms with van der Waals surface area (Å²) in [5.41, 5.74) is 11.1. The van der Waals surface area contributed by atoms with Crippen LogP contribution in [0.25, 0.3) is 5.57 Å². The van der Waals surface area contributed by atoms with Crippen molar-refractivity contribution in [2.45, 2.75) is 45.6 Å². The summed E-state index contributed by atoms with van der Waals surface area (Å²) < 4.78 is 12.0. The van der Waals surface area contributed by atoms with E-state index >= 15 is 0 Å². The van der Waals surface area contributed by atoms with Gasteiger partial charge in [-0.3, -0.25) is 0 Å². The molecule has 2 aromatic rings. The highest BCUT2D eigenvalue weighted by Crippen LogP contribution is 2.45. The minimum Gasteiger partial charge on any atom is -0.384 e. The summed E-state index contributed by atoms with van der Waals surface area (Å²) in [6.45, 7) is 6.02. The molecule has 0 amide bonds. The lowest BCUT2D eigenvalue weighted by molar-refractivity contribution is -0.106. The molecule has 1 aromatic heterocycles. The Kier molecular flexibility index (Phi) is 8.39. The highest BCUT2D eigenvalue weighted by molar-refractivity contribution is 5.71. The molecule has 5 nitrogen and oxygen atoms in total. The lowest BCUT2D eigenvalue weighted by Gasteiger charge is -2.41. The van der Waals surface area contributed by atoms with Crippen LogP contribution in [0.15, 0.2) is 42.6 Å². The van der Waals surface area contributed by atoms with Crippen molar-refractivity contribution in [3.8, 4) is 0 Å². The van der Waals surface area contributed by atoms with Gasteiger partial charge in [-0.25, -0.2) is 9.37 Å². The number of hydrogen-bond donors (Lipinski definition) is 2. The Morgan fingerprint density at radius 1 is 1.25 bits per heavy atom. The summed E-state index contributed by atoms with van der Waals surface area (Å²) in [5, 5.41) is 3.40. The van der Waals surface area contributed by atoms with Crippen LogP contribution in [0, 0.1) is 17.7 Å². The van der Waals surface area contributed by atoms with Crippen molar-refractivity contribution in [1.29, 1.82) is 0 Å². The van der Waals surface area contributed by atoms with E-state index in [4.69, 9.17) is 10.5 Å². The summed E-state index contributed by atoms with van der Waals surface area (Å²) in [6.07, 6.45) is 9.47. The molecule has 0 spiro atoms. The van der Waals surface area contributed by atoms with Gasteiger partial charge < -0.3 is 20.7 Å². The quantitative estimate of drug-likeness (QED) is 0.677. The average molecular weight is 439 g/mol. The van der Waals surface area contributed by atoms with Crippen molar-refractivity contribution in [1.82, 2.24) is 10.3 Å². The summed E-state index contributed by atoms with van der Waals surface area (Å²) >= 11 is 0. The predicted molar refractivity (Wildman–Crippen MR) is 130 cm³/mol. The van der Waals surface area contributed by atoms with Gasteiger partial charge in [0.1, 0.15) is 17.9 Å².